The highest BCUT2D eigenvalue weighted by Gasteiger charge is 2.12. The van der Waals surface area contributed by atoms with Crippen LogP contribution in [0.2, 0.25) is 10.0 Å². The Morgan fingerprint density at radius 2 is 1.91 bits per heavy atom. The van der Waals surface area contributed by atoms with E-state index in [-0.39, 0.29) is 0 Å². The molecule has 23 heavy (non-hydrogen) atoms. The minimum absolute atomic E-state index is 0.379. The molecule has 1 N–H and O–H groups in total. The van der Waals surface area contributed by atoms with Gasteiger partial charge in [0.1, 0.15) is 6.61 Å². The first-order valence-electron chi connectivity index (χ1n) is 7.58. The van der Waals surface area contributed by atoms with E-state index in [0.717, 1.165) is 30.6 Å². The minimum Gasteiger partial charge on any atom is -0.493 e. The molecule has 2 aromatic rings. The molecule has 0 aliphatic rings. The number of ether oxygens (including phenoxy) is 2. The number of hydrogen-bond donors (Lipinski definition) is 1. The van der Waals surface area contributed by atoms with Gasteiger partial charge in [0.05, 0.1) is 12.1 Å². The van der Waals surface area contributed by atoms with E-state index in [4.69, 9.17) is 32.7 Å². The van der Waals surface area contributed by atoms with Gasteiger partial charge in [-0.2, -0.15) is 0 Å². The summed E-state index contributed by atoms with van der Waals surface area (Å²) >= 11 is 12.3. The van der Waals surface area contributed by atoms with Gasteiger partial charge >= 0.3 is 0 Å². The first kappa shape index (κ1) is 17.9. The summed E-state index contributed by atoms with van der Waals surface area (Å²) in [5.41, 5.74) is 2.04. The number of halogens is 2. The molecule has 0 atom stereocenters. The third-order valence-electron chi connectivity index (χ3n) is 3.32. The largest absolute Gasteiger partial charge is 0.493 e. The molecule has 0 saturated carbocycles. The average molecular weight is 354 g/mol. The first-order valence-corrected chi connectivity index (χ1v) is 8.34. The molecule has 0 bridgehead atoms. The topological polar surface area (TPSA) is 30.5 Å². The van der Waals surface area contributed by atoms with E-state index >= 15 is 0 Å². The van der Waals surface area contributed by atoms with Crippen molar-refractivity contribution in [2.45, 2.75) is 26.5 Å². The second-order valence-electron chi connectivity index (χ2n) is 5.20. The number of methoxy groups -OCH3 is 1. The molecule has 5 heteroatoms. The van der Waals surface area contributed by atoms with Crippen molar-refractivity contribution in [1.29, 1.82) is 0 Å². The van der Waals surface area contributed by atoms with Crippen LogP contribution in [-0.4, -0.2) is 13.7 Å². The van der Waals surface area contributed by atoms with Crippen LogP contribution in [0.15, 0.2) is 36.4 Å². The van der Waals surface area contributed by atoms with Crippen LogP contribution < -0.4 is 14.8 Å². The van der Waals surface area contributed by atoms with Crippen molar-refractivity contribution in [2.75, 3.05) is 13.7 Å². The first-order chi connectivity index (χ1) is 11.1. The monoisotopic (exact) mass is 353 g/mol. The number of rotatable bonds is 8. The van der Waals surface area contributed by atoms with E-state index < -0.39 is 0 Å². The summed E-state index contributed by atoms with van der Waals surface area (Å²) in [5, 5.41) is 4.57. The Morgan fingerprint density at radius 3 is 2.61 bits per heavy atom. The molecule has 0 heterocycles. The zero-order chi connectivity index (χ0) is 16.7. The van der Waals surface area contributed by atoms with E-state index in [2.05, 4.69) is 12.2 Å². The summed E-state index contributed by atoms with van der Waals surface area (Å²) in [6.45, 7) is 4.23. The lowest BCUT2D eigenvalue weighted by Crippen LogP contribution is -2.14. The highest BCUT2D eigenvalue weighted by Crippen LogP contribution is 2.37. The lowest BCUT2D eigenvalue weighted by molar-refractivity contribution is 0.284. The van der Waals surface area contributed by atoms with Gasteiger partial charge in [-0.1, -0.05) is 42.3 Å². The quantitative estimate of drug-likeness (QED) is 0.671. The van der Waals surface area contributed by atoms with Gasteiger partial charge in [0.15, 0.2) is 11.5 Å². The summed E-state index contributed by atoms with van der Waals surface area (Å²) in [6.07, 6.45) is 1.09. The van der Waals surface area contributed by atoms with E-state index in [1.165, 1.54) is 0 Å². The Kier molecular flexibility index (Phi) is 7.03. The van der Waals surface area contributed by atoms with Gasteiger partial charge in [0, 0.05) is 11.6 Å². The summed E-state index contributed by atoms with van der Waals surface area (Å²) in [4.78, 5) is 0. The number of benzene rings is 2. The second-order valence-corrected chi connectivity index (χ2v) is 6.05. The summed E-state index contributed by atoms with van der Waals surface area (Å²) < 4.78 is 11.3. The highest BCUT2D eigenvalue weighted by molar-refractivity contribution is 6.32. The normalized spacial score (nSPS) is 10.6. The van der Waals surface area contributed by atoms with Gasteiger partial charge in [-0.3, -0.25) is 0 Å². The summed E-state index contributed by atoms with van der Waals surface area (Å²) in [6, 6.07) is 11.4. The fraction of sp³-hybridized carbons (Fsp3) is 0.333. The number of hydrogen-bond acceptors (Lipinski definition) is 3. The molecule has 124 valence electrons. The Bertz CT molecular complexity index is 647. The zero-order valence-electron chi connectivity index (χ0n) is 13.4. The predicted octanol–water partition coefficient (Wildman–Crippen LogP) is 5.08. The molecule has 0 radical (unpaired) electrons. The van der Waals surface area contributed by atoms with E-state index in [1.54, 1.807) is 7.11 Å². The van der Waals surface area contributed by atoms with Crippen LogP contribution in [0, 0.1) is 0 Å². The minimum atomic E-state index is 0.379. The van der Waals surface area contributed by atoms with Gasteiger partial charge in [-0.05, 0) is 48.4 Å². The molecular formula is C18H21Cl2NO2. The Labute approximate surface area is 147 Å². The molecular weight excluding hydrogens is 333 g/mol. The van der Waals surface area contributed by atoms with Crippen LogP contribution in [0.4, 0.5) is 0 Å². The van der Waals surface area contributed by atoms with E-state index in [9.17, 15) is 0 Å². The van der Waals surface area contributed by atoms with E-state index in [1.807, 2.05) is 36.4 Å². The van der Waals surface area contributed by atoms with Crippen LogP contribution in [0.3, 0.4) is 0 Å². The smallest absolute Gasteiger partial charge is 0.180 e. The van der Waals surface area contributed by atoms with Crippen molar-refractivity contribution in [3.8, 4) is 11.5 Å². The second kappa shape index (κ2) is 9.02. The molecule has 0 aliphatic carbocycles. The molecule has 3 nitrogen and oxygen atoms in total. The van der Waals surface area contributed by atoms with Crippen LogP contribution in [0.1, 0.15) is 24.5 Å². The molecule has 0 saturated heterocycles. The molecule has 0 amide bonds. The fourth-order valence-electron chi connectivity index (χ4n) is 2.21. The number of nitrogens with one attached hydrogen (secondary N) is 1. The zero-order valence-corrected chi connectivity index (χ0v) is 14.9. The SMILES string of the molecule is CCCNCc1cc(Cl)c(OCc2cccc(Cl)c2)c(OC)c1. The van der Waals surface area contributed by atoms with Gasteiger partial charge in [-0.15, -0.1) is 0 Å². The van der Waals surface area contributed by atoms with Crippen molar-refractivity contribution >= 4 is 23.2 Å². The molecule has 0 fully saturated rings. The van der Waals surface area contributed by atoms with Crippen molar-refractivity contribution < 1.29 is 9.47 Å². The van der Waals surface area contributed by atoms with Gasteiger partial charge in [0.2, 0.25) is 0 Å². The molecule has 0 spiro atoms. The van der Waals surface area contributed by atoms with Gasteiger partial charge in [-0.25, -0.2) is 0 Å². The maximum atomic E-state index is 6.36. The van der Waals surface area contributed by atoms with Gasteiger partial charge < -0.3 is 14.8 Å². The summed E-state index contributed by atoms with van der Waals surface area (Å²) in [5.74, 6) is 1.18. The van der Waals surface area contributed by atoms with Crippen LogP contribution in [-0.2, 0) is 13.2 Å². The van der Waals surface area contributed by atoms with Gasteiger partial charge in [0.25, 0.3) is 0 Å². The molecule has 0 aromatic heterocycles. The predicted molar refractivity (Wildman–Crippen MR) is 95.8 cm³/mol. The highest BCUT2D eigenvalue weighted by atomic mass is 35.5. The van der Waals surface area contributed by atoms with Crippen molar-refractivity contribution in [1.82, 2.24) is 5.32 Å². The summed E-state index contributed by atoms with van der Waals surface area (Å²) in [7, 11) is 1.61. The van der Waals surface area contributed by atoms with E-state index in [0.29, 0.717) is 28.2 Å². The average Bonchev–Trinajstić information content (AvgIpc) is 2.53. The molecule has 2 rings (SSSR count). The Morgan fingerprint density at radius 1 is 1.09 bits per heavy atom. The third-order valence-corrected chi connectivity index (χ3v) is 3.83. The maximum absolute atomic E-state index is 6.36. The molecule has 2 aromatic carbocycles. The molecule has 0 unspecified atom stereocenters. The van der Waals surface area contributed by atoms with Crippen LogP contribution in [0.25, 0.3) is 0 Å². The lowest BCUT2D eigenvalue weighted by Gasteiger charge is -2.14. The Balaban J connectivity index is 2.11. The van der Waals surface area contributed by atoms with Crippen molar-refractivity contribution in [2.24, 2.45) is 0 Å². The van der Waals surface area contributed by atoms with Crippen molar-refractivity contribution in [3.63, 3.8) is 0 Å². The lowest BCUT2D eigenvalue weighted by atomic mass is 10.2. The maximum Gasteiger partial charge on any atom is 0.180 e. The van der Waals surface area contributed by atoms with Crippen LogP contribution in [0.5, 0.6) is 11.5 Å². The fourth-order valence-corrected chi connectivity index (χ4v) is 2.71. The van der Waals surface area contributed by atoms with Crippen LogP contribution >= 0.6 is 23.2 Å². The third kappa shape index (κ3) is 5.31. The molecule has 0 aliphatic heterocycles. The standard InChI is InChI=1S/C18H21Cl2NO2/c1-3-7-21-11-14-9-16(20)18(17(10-14)22-2)23-12-13-5-4-6-15(19)8-13/h4-6,8-10,21H,3,7,11-12H2,1-2H3. The van der Waals surface area contributed by atoms with Crippen molar-refractivity contribution in [3.05, 3.63) is 57.6 Å². The Hall–Kier alpha value is -1.42.